The Bertz CT molecular complexity index is 551. The van der Waals surface area contributed by atoms with Crippen LogP contribution in [-0.2, 0) is 9.53 Å². The highest BCUT2D eigenvalue weighted by molar-refractivity contribution is 5.92. The molecular formula is C13H17N3O5. The number of carbonyl (C=O) groups excluding carboxylic acids is 1. The quantitative estimate of drug-likeness (QED) is 0.497. The summed E-state index contributed by atoms with van der Waals surface area (Å²) in [5, 5.41) is 20.2. The maximum absolute atomic E-state index is 12.1. The fraction of sp³-hybridized carbons (Fsp3) is 0.385. The Morgan fingerprint density at radius 3 is 2.62 bits per heavy atom. The molecule has 0 aliphatic carbocycles. The summed E-state index contributed by atoms with van der Waals surface area (Å²) in [5.41, 5.74) is -0.494. The smallest absolute Gasteiger partial charge is 0.416 e. The summed E-state index contributed by atoms with van der Waals surface area (Å²) in [7, 11) is 0. The van der Waals surface area contributed by atoms with Crippen LogP contribution in [0.25, 0.3) is 0 Å². The number of carboxylic acids is 1. The summed E-state index contributed by atoms with van der Waals surface area (Å²) in [4.78, 5) is 27.9. The maximum atomic E-state index is 12.1. The number of hydrogen-bond acceptors (Lipinski definition) is 6. The zero-order valence-corrected chi connectivity index (χ0v) is 12.0. The van der Waals surface area contributed by atoms with Crippen LogP contribution in [0.5, 0.6) is 0 Å². The van der Waals surface area contributed by atoms with Crippen molar-refractivity contribution in [2.45, 2.75) is 26.4 Å². The van der Waals surface area contributed by atoms with E-state index in [1.165, 1.54) is 12.1 Å². The van der Waals surface area contributed by atoms with Gasteiger partial charge in [-0.1, -0.05) is 11.2 Å². The number of amides is 1. The molecule has 0 aliphatic heterocycles. The predicted molar refractivity (Wildman–Crippen MR) is 74.8 cm³/mol. The molecule has 8 nitrogen and oxygen atoms in total. The molecule has 0 atom stereocenters. The normalized spacial score (nSPS) is 11.4. The Kier molecular flexibility index (Phi) is 5.23. The third-order valence-corrected chi connectivity index (χ3v) is 2.13. The SMILES string of the molecule is CC(C)(C)OC(=O)N(CC(=O)O)c1cccc(C=NO)n1. The number of rotatable bonds is 4. The molecule has 1 heterocycles. The van der Waals surface area contributed by atoms with Gasteiger partial charge < -0.3 is 15.1 Å². The molecule has 21 heavy (non-hydrogen) atoms. The van der Waals surface area contributed by atoms with E-state index in [9.17, 15) is 9.59 Å². The average Bonchev–Trinajstić information content (AvgIpc) is 2.34. The van der Waals surface area contributed by atoms with Gasteiger partial charge in [0.25, 0.3) is 0 Å². The molecule has 1 rings (SSSR count). The molecule has 0 aliphatic rings. The number of carboxylic acid groups (broad SMARTS) is 1. The average molecular weight is 295 g/mol. The highest BCUT2D eigenvalue weighted by atomic mass is 16.6. The van der Waals surface area contributed by atoms with Gasteiger partial charge in [-0.25, -0.2) is 9.78 Å². The third kappa shape index (κ3) is 5.47. The minimum absolute atomic E-state index is 0.0871. The lowest BCUT2D eigenvalue weighted by atomic mass is 10.2. The monoisotopic (exact) mass is 295 g/mol. The van der Waals surface area contributed by atoms with Gasteiger partial charge in [0.05, 0.1) is 11.9 Å². The number of carbonyl (C=O) groups is 2. The van der Waals surface area contributed by atoms with Gasteiger partial charge >= 0.3 is 12.1 Å². The molecule has 2 N–H and O–H groups in total. The second kappa shape index (κ2) is 6.69. The fourth-order valence-corrected chi connectivity index (χ4v) is 1.41. The van der Waals surface area contributed by atoms with Crippen LogP contribution in [0.4, 0.5) is 10.6 Å². The summed E-state index contributed by atoms with van der Waals surface area (Å²) in [6.07, 6.45) is 0.243. The van der Waals surface area contributed by atoms with E-state index in [1.54, 1.807) is 26.8 Å². The minimum atomic E-state index is -1.20. The molecule has 0 aromatic carbocycles. The molecule has 0 radical (unpaired) electrons. The maximum Gasteiger partial charge on any atom is 0.416 e. The van der Waals surface area contributed by atoms with Gasteiger partial charge in [0.15, 0.2) is 0 Å². The van der Waals surface area contributed by atoms with Crippen LogP contribution in [0.3, 0.4) is 0 Å². The molecule has 0 fully saturated rings. The lowest BCUT2D eigenvalue weighted by molar-refractivity contribution is -0.135. The van der Waals surface area contributed by atoms with Crippen LogP contribution in [0, 0.1) is 0 Å². The van der Waals surface area contributed by atoms with Gasteiger partial charge in [-0.15, -0.1) is 0 Å². The van der Waals surface area contributed by atoms with E-state index >= 15 is 0 Å². The standard InChI is InChI=1S/C13H17N3O5/c1-13(2,3)21-12(19)16(8-11(17)18)10-6-4-5-9(15-10)7-14-20/h4-7,20H,8H2,1-3H3,(H,17,18). The Morgan fingerprint density at radius 1 is 1.43 bits per heavy atom. The van der Waals surface area contributed by atoms with Crippen LogP contribution in [0.2, 0.25) is 0 Å². The largest absolute Gasteiger partial charge is 0.480 e. The van der Waals surface area contributed by atoms with Gasteiger partial charge in [-0.3, -0.25) is 9.69 Å². The van der Waals surface area contributed by atoms with Crippen molar-refractivity contribution in [3.8, 4) is 0 Å². The molecule has 1 amide bonds. The van der Waals surface area contributed by atoms with Crippen LogP contribution >= 0.6 is 0 Å². The minimum Gasteiger partial charge on any atom is -0.480 e. The summed E-state index contributed by atoms with van der Waals surface area (Å²) in [5.74, 6) is -1.12. The molecule has 8 heteroatoms. The Labute approximate surface area is 121 Å². The first-order valence-corrected chi connectivity index (χ1v) is 6.10. The number of oxime groups is 1. The summed E-state index contributed by atoms with van der Waals surface area (Å²) < 4.78 is 5.16. The van der Waals surface area contributed by atoms with Crippen LogP contribution in [-0.4, -0.2) is 45.7 Å². The van der Waals surface area contributed by atoms with Crippen molar-refractivity contribution in [2.75, 3.05) is 11.4 Å². The van der Waals surface area contributed by atoms with Gasteiger partial charge in [0.1, 0.15) is 18.0 Å². The van der Waals surface area contributed by atoms with Crippen LogP contribution in [0.15, 0.2) is 23.4 Å². The van der Waals surface area contributed by atoms with Crippen molar-refractivity contribution in [3.05, 3.63) is 23.9 Å². The molecule has 0 bridgehead atoms. The molecule has 0 unspecified atom stereocenters. The van der Waals surface area contributed by atoms with Crippen molar-refractivity contribution in [1.82, 2.24) is 4.98 Å². The molecule has 0 saturated carbocycles. The van der Waals surface area contributed by atoms with E-state index in [0.29, 0.717) is 0 Å². The lowest BCUT2D eigenvalue weighted by Gasteiger charge is -2.25. The molecule has 114 valence electrons. The molecular weight excluding hydrogens is 278 g/mol. The van der Waals surface area contributed by atoms with E-state index in [4.69, 9.17) is 15.1 Å². The Morgan fingerprint density at radius 2 is 2.10 bits per heavy atom. The second-order valence-electron chi connectivity index (χ2n) is 5.13. The summed E-state index contributed by atoms with van der Waals surface area (Å²) in [6.45, 7) is 4.42. The number of nitrogens with zero attached hydrogens (tertiary/aromatic N) is 3. The van der Waals surface area contributed by atoms with Crippen molar-refractivity contribution in [1.29, 1.82) is 0 Å². The molecule has 1 aromatic heterocycles. The molecule has 0 saturated heterocycles. The Balaban J connectivity index is 3.10. The number of pyridine rings is 1. The number of aliphatic carboxylic acids is 1. The third-order valence-electron chi connectivity index (χ3n) is 2.13. The Hall–Kier alpha value is -2.64. The number of anilines is 1. The lowest BCUT2D eigenvalue weighted by Crippen LogP contribution is -2.40. The van der Waals surface area contributed by atoms with Gasteiger partial charge in [0.2, 0.25) is 0 Å². The highest BCUT2D eigenvalue weighted by Crippen LogP contribution is 2.16. The van der Waals surface area contributed by atoms with Crippen molar-refractivity contribution in [2.24, 2.45) is 5.16 Å². The fourth-order valence-electron chi connectivity index (χ4n) is 1.41. The van der Waals surface area contributed by atoms with E-state index in [0.717, 1.165) is 11.1 Å². The first-order chi connectivity index (χ1) is 9.73. The van der Waals surface area contributed by atoms with Crippen LogP contribution < -0.4 is 4.90 Å². The van der Waals surface area contributed by atoms with E-state index in [1.807, 2.05) is 0 Å². The van der Waals surface area contributed by atoms with Gasteiger partial charge in [-0.2, -0.15) is 0 Å². The molecule has 0 spiro atoms. The highest BCUT2D eigenvalue weighted by Gasteiger charge is 2.26. The van der Waals surface area contributed by atoms with E-state index in [-0.39, 0.29) is 11.5 Å². The van der Waals surface area contributed by atoms with Gasteiger partial charge in [0, 0.05) is 0 Å². The van der Waals surface area contributed by atoms with Crippen molar-refractivity contribution >= 4 is 24.1 Å². The first kappa shape index (κ1) is 16.4. The molecule has 1 aromatic rings. The summed E-state index contributed by atoms with van der Waals surface area (Å²) >= 11 is 0. The second-order valence-corrected chi connectivity index (χ2v) is 5.13. The van der Waals surface area contributed by atoms with Crippen LogP contribution in [0.1, 0.15) is 26.5 Å². The van der Waals surface area contributed by atoms with E-state index in [2.05, 4.69) is 10.1 Å². The summed E-state index contributed by atoms with van der Waals surface area (Å²) in [6, 6.07) is 4.55. The zero-order chi connectivity index (χ0) is 16.0. The van der Waals surface area contributed by atoms with Crippen molar-refractivity contribution in [3.63, 3.8) is 0 Å². The topological polar surface area (TPSA) is 112 Å². The number of hydrogen-bond donors (Lipinski definition) is 2. The van der Waals surface area contributed by atoms with E-state index < -0.39 is 24.2 Å². The number of ether oxygens (including phenoxy) is 1. The predicted octanol–water partition coefficient (Wildman–Crippen LogP) is 1.72. The number of aromatic nitrogens is 1. The zero-order valence-electron chi connectivity index (χ0n) is 12.0. The van der Waals surface area contributed by atoms with Gasteiger partial charge in [-0.05, 0) is 32.9 Å². The first-order valence-electron chi connectivity index (χ1n) is 6.10. The van der Waals surface area contributed by atoms with Crippen molar-refractivity contribution < 1.29 is 24.6 Å².